The molecule has 1 aliphatic rings. The molecule has 1 saturated carbocycles. The second-order valence-electron chi connectivity index (χ2n) is 6.96. The molecule has 2 aromatic carbocycles. The number of anilines is 1. The molecule has 0 spiro atoms. The van der Waals surface area contributed by atoms with Gasteiger partial charge in [0, 0.05) is 23.8 Å². The first-order valence-electron chi connectivity index (χ1n) is 8.99. The topological polar surface area (TPSA) is 101 Å². The van der Waals surface area contributed by atoms with Crippen LogP contribution in [0.15, 0.2) is 41.3 Å². The first kappa shape index (κ1) is 21.3. The summed E-state index contributed by atoms with van der Waals surface area (Å²) in [5.74, 6) is -4.23. The Balaban J connectivity index is 1.79. The molecule has 0 aromatic heterocycles. The molecule has 0 unspecified atom stereocenters. The van der Waals surface area contributed by atoms with E-state index in [-0.39, 0.29) is 22.7 Å². The van der Waals surface area contributed by atoms with Gasteiger partial charge in [-0.2, -0.15) is 0 Å². The van der Waals surface area contributed by atoms with Crippen molar-refractivity contribution in [2.75, 3.05) is 5.32 Å². The lowest BCUT2D eigenvalue weighted by Gasteiger charge is -2.26. The zero-order chi connectivity index (χ0) is 21.2. The Hall–Kier alpha value is -2.43. The van der Waals surface area contributed by atoms with Crippen molar-refractivity contribution in [2.45, 2.75) is 42.7 Å². The predicted molar refractivity (Wildman–Crippen MR) is 101 cm³/mol. The van der Waals surface area contributed by atoms with E-state index >= 15 is 0 Å². The Bertz CT molecular complexity index is 1020. The van der Waals surface area contributed by atoms with Crippen LogP contribution in [0.1, 0.15) is 36.0 Å². The van der Waals surface area contributed by atoms with Crippen molar-refractivity contribution >= 4 is 21.6 Å². The van der Waals surface area contributed by atoms with Gasteiger partial charge in [0.15, 0.2) is 11.6 Å². The maximum absolute atomic E-state index is 14.1. The summed E-state index contributed by atoms with van der Waals surface area (Å²) in [5.41, 5.74) is 5.18. The smallest absolute Gasteiger partial charge is 0.258 e. The van der Waals surface area contributed by atoms with Gasteiger partial charge in [0.1, 0.15) is 5.82 Å². The molecule has 0 saturated heterocycles. The Morgan fingerprint density at radius 1 is 0.931 bits per heavy atom. The monoisotopic (exact) mass is 427 g/mol. The van der Waals surface area contributed by atoms with Gasteiger partial charge in [-0.05, 0) is 56.0 Å². The largest absolute Gasteiger partial charge is 0.328 e. The quantitative estimate of drug-likeness (QED) is 0.683. The Morgan fingerprint density at radius 2 is 1.59 bits per heavy atom. The van der Waals surface area contributed by atoms with Crippen LogP contribution in [-0.2, 0) is 10.0 Å². The van der Waals surface area contributed by atoms with E-state index in [0.717, 1.165) is 36.4 Å². The van der Waals surface area contributed by atoms with Crippen molar-refractivity contribution < 1.29 is 26.4 Å². The fraction of sp³-hybridized carbons (Fsp3) is 0.316. The molecule has 4 N–H and O–H groups in total. The summed E-state index contributed by atoms with van der Waals surface area (Å²) in [7, 11) is -3.98. The second-order valence-corrected chi connectivity index (χ2v) is 8.67. The van der Waals surface area contributed by atoms with Gasteiger partial charge in [0.25, 0.3) is 5.91 Å². The van der Waals surface area contributed by atoms with Crippen molar-refractivity contribution in [1.82, 2.24) is 4.72 Å². The molecule has 0 aliphatic heterocycles. The zero-order valence-corrected chi connectivity index (χ0v) is 16.1. The third-order valence-corrected chi connectivity index (χ3v) is 6.28. The van der Waals surface area contributed by atoms with E-state index in [1.165, 1.54) is 0 Å². The molecule has 0 atom stereocenters. The van der Waals surface area contributed by atoms with Crippen molar-refractivity contribution in [1.29, 1.82) is 0 Å². The number of amides is 1. The van der Waals surface area contributed by atoms with Crippen LogP contribution >= 0.6 is 0 Å². The number of carbonyl (C=O) groups is 1. The number of rotatable bonds is 5. The van der Waals surface area contributed by atoms with Gasteiger partial charge in [-0.15, -0.1) is 0 Å². The number of carbonyl (C=O) groups excluding carboxylic acids is 1. The highest BCUT2D eigenvalue weighted by Gasteiger charge is 2.26. The fourth-order valence-electron chi connectivity index (χ4n) is 3.14. The molecule has 0 bridgehead atoms. The molecule has 6 nitrogen and oxygen atoms in total. The average Bonchev–Trinajstić information content (AvgIpc) is 2.66. The van der Waals surface area contributed by atoms with Crippen molar-refractivity contribution in [2.24, 2.45) is 5.73 Å². The minimum absolute atomic E-state index is 0.0492. The molecule has 0 heterocycles. The summed E-state index contributed by atoms with van der Waals surface area (Å²) in [6, 6.07) is 5.23. The fourth-order valence-corrected chi connectivity index (χ4v) is 4.47. The number of hydrogen-bond acceptors (Lipinski definition) is 4. The van der Waals surface area contributed by atoms with E-state index in [4.69, 9.17) is 5.73 Å². The first-order chi connectivity index (χ1) is 13.7. The molecule has 0 radical (unpaired) electrons. The highest BCUT2D eigenvalue weighted by Crippen LogP contribution is 2.22. The van der Waals surface area contributed by atoms with Crippen molar-refractivity contribution in [3.05, 3.63) is 59.4 Å². The zero-order valence-electron chi connectivity index (χ0n) is 15.3. The highest BCUT2D eigenvalue weighted by atomic mass is 32.2. The van der Waals surface area contributed by atoms with Crippen molar-refractivity contribution in [3.8, 4) is 0 Å². The maximum atomic E-state index is 14.1. The molecule has 29 heavy (non-hydrogen) atoms. The average molecular weight is 427 g/mol. The normalized spacial score (nSPS) is 19.7. The third-order valence-electron chi connectivity index (χ3n) is 4.76. The summed E-state index contributed by atoms with van der Waals surface area (Å²) in [4.78, 5) is 12.1. The molecule has 2 aromatic rings. The predicted octanol–water partition coefficient (Wildman–Crippen LogP) is 2.90. The molecule has 3 rings (SSSR count). The van der Waals surface area contributed by atoms with E-state index in [0.29, 0.717) is 25.7 Å². The Kier molecular flexibility index (Phi) is 6.25. The van der Waals surface area contributed by atoms with Gasteiger partial charge >= 0.3 is 0 Å². The highest BCUT2D eigenvalue weighted by molar-refractivity contribution is 7.89. The molecule has 1 amide bonds. The van der Waals surface area contributed by atoms with Crippen LogP contribution in [-0.4, -0.2) is 26.4 Å². The molecular weight excluding hydrogens is 407 g/mol. The van der Waals surface area contributed by atoms with Crippen LogP contribution in [0.2, 0.25) is 0 Å². The second kappa shape index (κ2) is 8.52. The van der Waals surface area contributed by atoms with Crippen LogP contribution in [0.25, 0.3) is 0 Å². The molecular formula is C19H20F3N3O3S. The standard InChI is InChI=1S/C19H20F3N3O3S/c20-16-8-6-14(29(27,28)25-12-3-1-11(23)2-4-12)10-15(16)19(26)24-13-5-7-17(21)18(22)9-13/h5-12,25H,1-4,23H2,(H,24,26). The van der Waals surface area contributed by atoms with E-state index in [2.05, 4.69) is 10.0 Å². The Morgan fingerprint density at radius 3 is 2.24 bits per heavy atom. The first-order valence-corrected chi connectivity index (χ1v) is 10.5. The molecule has 10 heteroatoms. The van der Waals surface area contributed by atoms with E-state index in [9.17, 15) is 26.4 Å². The van der Waals surface area contributed by atoms with Crippen LogP contribution in [0.3, 0.4) is 0 Å². The van der Waals surface area contributed by atoms with Gasteiger partial charge in [0.2, 0.25) is 10.0 Å². The van der Waals surface area contributed by atoms with Gasteiger partial charge < -0.3 is 11.1 Å². The maximum Gasteiger partial charge on any atom is 0.258 e. The van der Waals surface area contributed by atoms with Gasteiger partial charge in [0.05, 0.1) is 10.5 Å². The lowest BCUT2D eigenvalue weighted by molar-refractivity contribution is 0.102. The van der Waals surface area contributed by atoms with E-state index in [1.54, 1.807) is 0 Å². The number of halogens is 3. The summed E-state index contributed by atoms with van der Waals surface area (Å²) in [5, 5.41) is 2.22. The summed E-state index contributed by atoms with van der Waals surface area (Å²) < 4.78 is 68.2. The van der Waals surface area contributed by atoms with Gasteiger partial charge in [-0.3, -0.25) is 4.79 Å². The summed E-state index contributed by atoms with van der Waals surface area (Å²) in [6.45, 7) is 0. The van der Waals surface area contributed by atoms with Crippen molar-refractivity contribution in [3.63, 3.8) is 0 Å². The third kappa shape index (κ3) is 5.14. The number of benzene rings is 2. The number of nitrogens with one attached hydrogen (secondary N) is 2. The van der Waals surface area contributed by atoms with Gasteiger partial charge in [-0.1, -0.05) is 0 Å². The van der Waals surface area contributed by atoms with Crippen LogP contribution in [0.5, 0.6) is 0 Å². The summed E-state index contributed by atoms with van der Waals surface area (Å²) >= 11 is 0. The Labute approximate surface area is 166 Å². The lowest BCUT2D eigenvalue weighted by atomic mass is 9.93. The molecule has 1 aliphatic carbocycles. The van der Waals surface area contributed by atoms with E-state index in [1.807, 2.05) is 0 Å². The van der Waals surface area contributed by atoms with Crippen LogP contribution in [0, 0.1) is 17.5 Å². The summed E-state index contributed by atoms with van der Waals surface area (Å²) in [6.07, 6.45) is 2.56. The lowest BCUT2D eigenvalue weighted by Crippen LogP contribution is -2.40. The van der Waals surface area contributed by atoms with Gasteiger partial charge in [-0.25, -0.2) is 26.3 Å². The van der Waals surface area contributed by atoms with Crippen LogP contribution in [0.4, 0.5) is 18.9 Å². The number of hydrogen-bond donors (Lipinski definition) is 3. The number of nitrogens with two attached hydrogens (primary N) is 1. The van der Waals surface area contributed by atoms with Crippen LogP contribution < -0.4 is 15.8 Å². The molecule has 1 fully saturated rings. The minimum Gasteiger partial charge on any atom is -0.328 e. The SMILES string of the molecule is NC1CCC(NS(=O)(=O)c2ccc(F)c(C(=O)Nc3ccc(F)c(F)c3)c2)CC1. The number of sulfonamides is 1. The minimum atomic E-state index is -3.98. The van der Waals surface area contributed by atoms with E-state index < -0.39 is 38.9 Å². The molecule has 156 valence electrons.